The Balaban J connectivity index is 1.78. The molecule has 19 heavy (non-hydrogen) atoms. The summed E-state index contributed by atoms with van der Waals surface area (Å²) in [5.41, 5.74) is 0.933. The monoisotopic (exact) mass is 261 g/mol. The van der Waals surface area contributed by atoms with Crippen molar-refractivity contribution in [2.24, 2.45) is 4.99 Å². The molecule has 1 aromatic carbocycles. The Morgan fingerprint density at radius 1 is 1.37 bits per heavy atom. The molecule has 0 saturated carbocycles. The summed E-state index contributed by atoms with van der Waals surface area (Å²) in [6, 6.07) is 7.42. The normalized spacial score (nSPS) is 13.4. The number of nitrogens with zero attached hydrogens (tertiary/aromatic N) is 1. The zero-order valence-corrected chi connectivity index (χ0v) is 10.5. The van der Waals surface area contributed by atoms with Gasteiger partial charge in [-0.05, 0) is 24.3 Å². The minimum Gasteiger partial charge on any atom is -0.490 e. The molecule has 0 N–H and O–H groups in total. The van der Waals surface area contributed by atoms with E-state index in [0.29, 0.717) is 31.4 Å². The van der Waals surface area contributed by atoms with Crippen LogP contribution in [-0.4, -0.2) is 38.2 Å². The van der Waals surface area contributed by atoms with Gasteiger partial charge in [-0.1, -0.05) is 6.58 Å². The first-order chi connectivity index (χ1) is 9.29. The van der Waals surface area contributed by atoms with Crippen LogP contribution in [0.15, 0.2) is 41.9 Å². The summed E-state index contributed by atoms with van der Waals surface area (Å²) in [4.78, 5) is 15.0. The van der Waals surface area contributed by atoms with Crippen LogP contribution in [0.4, 0.5) is 0 Å². The number of carbonyl (C=O) groups is 1. The SMILES string of the molecule is C=CC(=O)OCCOc1ccc(C2=NCCO2)cc1. The van der Waals surface area contributed by atoms with E-state index in [2.05, 4.69) is 11.6 Å². The molecule has 0 unspecified atom stereocenters. The lowest BCUT2D eigenvalue weighted by atomic mass is 10.2. The second kappa shape index (κ2) is 6.58. The van der Waals surface area contributed by atoms with Gasteiger partial charge in [-0.2, -0.15) is 0 Å². The highest BCUT2D eigenvalue weighted by Gasteiger charge is 2.09. The number of esters is 1. The predicted molar refractivity (Wildman–Crippen MR) is 70.4 cm³/mol. The van der Waals surface area contributed by atoms with Crippen molar-refractivity contribution in [1.29, 1.82) is 0 Å². The topological polar surface area (TPSA) is 57.1 Å². The summed E-state index contributed by atoms with van der Waals surface area (Å²) in [5.74, 6) is 0.929. The molecule has 0 spiro atoms. The lowest BCUT2D eigenvalue weighted by Crippen LogP contribution is -2.10. The van der Waals surface area contributed by atoms with E-state index in [1.54, 1.807) is 0 Å². The van der Waals surface area contributed by atoms with Gasteiger partial charge in [-0.25, -0.2) is 9.79 Å². The van der Waals surface area contributed by atoms with E-state index >= 15 is 0 Å². The van der Waals surface area contributed by atoms with Gasteiger partial charge < -0.3 is 14.2 Å². The van der Waals surface area contributed by atoms with Crippen LogP contribution in [0.2, 0.25) is 0 Å². The molecular weight excluding hydrogens is 246 g/mol. The molecule has 0 saturated heterocycles. The molecule has 5 heteroatoms. The van der Waals surface area contributed by atoms with Crippen molar-refractivity contribution >= 4 is 11.9 Å². The summed E-state index contributed by atoms with van der Waals surface area (Å²) in [6.07, 6.45) is 1.12. The highest BCUT2D eigenvalue weighted by Crippen LogP contribution is 2.14. The average molecular weight is 261 g/mol. The maximum absolute atomic E-state index is 10.8. The van der Waals surface area contributed by atoms with Crippen molar-refractivity contribution < 1.29 is 19.0 Å². The van der Waals surface area contributed by atoms with Crippen molar-refractivity contribution in [2.45, 2.75) is 0 Å². The quantitative estimate of drug-likeness (QED) is 0.443. The Morgan fingerprint density at radius 3 is 2.79 bits per heavy atom. The van der Waals surface area contributed by atoms with E-state index in [1.165, 1.54) is 0 Å². The van der Waals surface area contributed by atoms with E-state index < -0.39 is 5.97 Å². The Morgan fingerprint density at radius 2 is 2.16 bits per heavy atom. The smallest absolute Gasteiger partial charge is 0.330 e. The van der Waals surface area contributed by atoms with Crippen LogP contribution < -0.4 is 4.74 Å². The molecule has 0 fully saturated rings. The van der Waals surface area contributed by atoms with Gasteiger partial charge in [0.1, 0.15) is 25.6 Å². The van der Waals surface area contributed by atoms with Crippen LogP contribution in [0.5, 0.6) is 5.75 Å². The third kappa shape index (κ3) is 3.84. The van der Waals surface area contributed by atoms with Gasteiger partial charge in [0, 0.05) is 11.6 Å². The van der Waals surface area contributed by atoms with Crippen molar-refractivity contribution in [3.63, 3.8) is 0 Å². The van der Waals surface area contributed by atoms with Gasteiger partial charge in [-0.15, -0.1) is 0 Å². The van der Waals surface area contributed by atoms with Gasteiger partial charge in [0.05, 0.1) is 6.54 Å². The molecule has 0 atom stereocenters. The zero-order chi connectivity index (χ0) is 13.5. The fourth-order valence-electron chi connectivity index (χ4n) is 1.56. The van der Waals surface area contributed by atoms with Crippen LogP contribution in [0.3, 0.4) is 0 Å². The first-order valence-electron chi connectivity index (χ1n) is 5.99. The Labute approximate surface area is 111 Å². The number of rotatable bonds is 6. The minimum absolute atomic E-state index is 0.197. The maximum Gasteiger partial charge on any atom is 0.330 e. The molecule has 0 bridgehead atoms. The van der Waals surface area contributed by atoms with Gasteiger partial charge in [0.2, 0.25) is 5.90 Å². The van der Waals surface area contributed by atoms with Crippen LogP contribution in [0, 0.1) is 0 Å². The van der Waals surface area contributed by atoms with Crippen LogP contribution >= 0.6 is 0 Å². The number of hydrogen-bond acceptors (Lipinski definition) is 5. The van der Waals surface area contributed by atoms with E-state index in [4.69, 9.17) is 14.2 Å². The van der Waals surface area contributed by atoms with Crippen LogP contribution in [-0.2, 0) is 14.3 Å². The Bertz CT molecular complexity index is 479. The number of ether oxygens (including phenoxy) is 3. The number of hydrogen-bond donors (Lipinski definition) is 0. The van der Waals surface area contributed by atoms with E-state index in [0.717, 1.165) is 11.6 Å². The molecule has 1 heterocycles. The summed E-state index contributed by atoms with van der Waals surface area (Å²) in [5, 5.41) is 0. The Kier molecular flexibility index (Phi) is 4.55. The first-order valence-corrected chi connectivity index (χ1v) is 5.99. The van der Waals surface area contributed by atoms with E-state index in [-0.39, 0.29) is 6.61 Å². The van der Waals surface area contributed by atoms with Crippen molar-refractivity contribution in [2.75, 3.05) is 26.4 Å². The standard InChI is InChI=1S/C14H15NO4/c1-2-13(16)18-10-9-17-12-5-3-11(4-6-12)14-15-7-8-19-14/h2-6H,1,7-10H2. The second-order valence-electron chi connectivity index (χ2n) is 3.78. The summed E-state index contributed by atoms with van der Waals surface area (Å²) in [7, 11) is 0. The molecular formula is C14H15NO4. The van der Waals surface area contributed by atoms with Gasteiger partial charge in [0.25, 0.3) is 0 Å². The average Bonchev–Trinajstić information content (AvgIpc) is 2.98. The summed E-state index contributed by atoms with van der Waals surface area (Å²) < 4.78 is 15.6. The molecule has 1 aliphatic heterocycles. The first kappa shape index (κ1) is 13.1. The number of aliphatic imine (C=N–C) groups is 1. The van der Waals surface area contributed by atoms with Gasteiger partial charge in [-0.3, -0.25) is 0 Å². The molecule has 0 aromatic heterocycles. The summed E-state index contributed by atoms with van der Waals surface area (Å²) in [6.45, 7) is 5.16. The molecule has 5 nitrogen and oxygen atoms in total. The van der Waals surface area contributed by atoms with Crippen LogP contribution in [0.25, 0.3) is 0 Å². The van der Waals surface area contributed by atoms with E-state index in [1.807, 2.05) is 24.3 Å². The van der Waals surface area contributed by atoms with Crippen LogP contribution in [0.1, 0.15) is 5.56 Å². The Hall–Kier alpha value is -2.30. The lowest BCUT2D eigenvalue weighted by Gasteiger charge is -2.07. The van der Waals surface area contributed by atoms with Gasteiger partial charge >= 0.3 is 5.97 Å². The fourth-order valence-corrected chi connectivity index (χ4v) is 1.56. The fraction of sp³-hybridized carbons (Fsp3) is 0.286. The third-order valence-electron chi connectivity index (χ3n) is 2.45. The molecule has 100 valence electrons. The largest absolute Gasteiger partial charge is 0.490 e. The van der Waals surface area contributed by atoms with Crippen molar-refractivity contribution in [1.82, 2.24) is 0 Å². The highest BCUT2D eigenvalue weighted by atomic mass is 16.6. The highest BCUT2D eigenvalue weighted by molar-refractivity contribution is 5.95. The molecule has 1 aliphatic rings. The van der Waals surface area contributed by atoms with Crippen molar-refractivity contribution in [3.05, 3.63) is 42.5 Å². The van der Waals surface area contributed by atoms with Gasteiger partial charge in [0.15, 0.2) is 0 Å². The lowest BCUT2D eigenvalue weighted by molar-refractivity contribution is -0.138. The number of carbonyl (C=O) groups excluding carboxylic acids is 1. The molecule has 1 aromatic rings. The number of benzene rings is 1. The zero-order valence-electron chi connectivity index (χ0n) is 10.5. The predicted octanol–water partition coefficient (Wildman–Crippen LogP) is 1.57. The second-order valence-corrected chi connectivity index (χ2v) is 3.78. The molecule has 0 radical (unpaired) electrons. The minimum atomic E-state index is -0.449. The molecule has 2 rings (SSSR count). The summed E-state index contributed by atoms with van der Waals surface area (Å²) >= 11 is 0. The molecule has 0 aliphatic carbocycles. The maximum atomic E-state index is 10.8. The van der Waals surface area contributed by atoms with E-state index in [9.17, 15) is 4.79 Å². The molecule has 0 amide bonds. The third-order valence-corrected chi connectivity index (χ3v) is 2.45. The van der Waals surface area contributed by atoms with Crippen molar-refractivity contribution in [3.8, 4) is 5.75 Å².